The van der Waals surface area contributed by atoms with Crippen molar-refractivity contribution in [2.75, 3.05) is 4.90 Å². The van der Waals surface area contributed by atoms with Gasteiger partial charge in [-0.05, 0) is 23.3 Å². The number of amides is 2. The molecule has 2 amide bonds. The summed E-state index contributed by atoms with van der Waals surface area (Å²) in [4.78, 5) is 46.0. The quantitative estimate of drug-likeness (QED) is 0.259. The number of carbonyl (C=O) groups excluding carboxylic acids is 2. The van der Waals surface area contributed by atoms with Gasteiger partial charge in [0.05, 0.1) is 16.1 Å². The number of benzene rings is 3. The summed E-state index contributed by atoms with van der Waals surface area (Å²) >= 11 is 1.25. The first-order chi connectivity index (χ1) is 16.0. The Bertz CT molecular complexity index is 1460. The lowest BCUT2D eigenvalue weighted by Gasteiger charge is -2.48. The first-order valence-electron chi connectivity index (χ1n) is 10.6. The van der Waals surface area contributed by atoms with Crippen LogP contribution in [0.2, 0.25) is 0 Å². The molecule has 1 aromatic heterocycles. The molecule has 8 rings (SSSR count). The van der Waals surface area contributed by atoms with Crippen LogP contribution in [-0.2, 0) is 15.1 Å². The maximum Gasteiger partial charge on any atom is 0.285 e. The molecule has 160 valence electrons. The van der Waals surface area contributed by atoms with E-state index in [4.69, 9.17) is 0 Å². The molecule has 0 radical (unpaired) electrons. The Morgan fingerprint density at radius 2 is 1.48 bits per heavy atom. The third kappa shape index (κ3) is 2.03. The summed E-state index contributed by atoms with van der Waals surface area (Å²) in [6.45, 7) is 0. The number of fused-ring (bicyclic) bond motifs is 1. The van der Waals surface area contributed by atoms with Crippen LogP contribution in [0.3, 0.4) is 0 Å². The van der Waals surface area contributed by atoms with E-state index in [0.29, 0.717) is 16.6 Å². The monoisotopic (exact) mass is 453 g/mol. The van der Waals surface area contributed by atoms with Gasteiger partial charge < -0.3 is 0 Å². The van der Waals surface area contributed by atoms with Crippen LogP contribution in [0.15, 0.2) is 72.8 Å². The van der Waals surface area contributed by atoms with Gasteiger partial charge in [0, 0.05) is 22.0 Å². The van der Waals surface area contributed by atoms with E-state index in [2.05, 4.69) is 4.98 Å². The Balaban J connectivity index is 1.52. The average Bonchev–Trinajstić information content (AvgIpc) is 3.37. The number of carbonyl (C=O) groups is 2. The Morgan fingerprint density at radius 1 is 0.879 bits per heavy atom. The second-order valence-corrected chi connectivity index (χ2v) is 9.66. The van der Waals surface area contributed by atoms with Gasteiger partial charge in [0.1, 0.15) is 5.92 Å². The number of thiazole rings is 1. The highest BCUT2D eigenvalue weighted by atomic mass is 32.1. The van der Waals surface area contributed by atoms with Gasteiger partial charge in [0.25, 0.3) is 5.54 Å². The summed E-state index contributed by atoms with van der Waals surface area (Å²) in [7, 11) is 0. The number of hydrogen-bond donors (Lipinski definition) is 0. The lowest BCUT2D eigenvalue weighted by Crippen LogP contribution is -2.57. The van der Waals surface area contributed by atoms with E-state index in [1.165, 1.54) is 11.3 Å². The third-order valence-corrected chi connectivity index (χ3v) is 8.36. The van der Waals surface area contributed by atoms with E-state index in [1.54, 1.807) is 24.3 Å². The van der Waals surface area contributed by atoms with E-state index in [-0.39, 0.29) is 10.1 Å². The number of nitro groups is 1. The zero-order chi connectivity index (χ0) is 22.5. The molecule has 1 saturated heterocycles. The van der Waals surface area contributed by atoms with Crippen LogP contribution in [-0.4, -0.2) is 21.7 Å². The highest BCUT2D eigenvalue weighted by molar-refractivity contribution is 7.22. The highest BCUT2D eigenvalue weighted by Crippen LogP contribution is 2.64. The van der Waals surface area contributed by atoms with Gasteiger partial charge in [0.15, 0.2) is 5.13 Å². The summed E-state index contributed by atoms with van der Waals surface area (Å²) in [5.74, 6) is -3.35. The van der Waals surface area contributed by atoms with Gasteiger partial charge in [-0.2, -0.15) is 0 Å². The molecule has 7 nitrogen and oxygen atoms in total. The second-order valence-electron chi connectivity index (χ2n) is 8.66. The topological polar surface area (TPSA) is 93.4 Å². The molecule has 2 heterocycles. The minimum atomic E-state index is -1.81. The fourth-order valence-electron chi connectivity index (χ4n) is 6.19. The maximum atomic E-state index is 13.9. The molecule has 33 heavy (non-hydrogen) atoms. The number of imide groups is 1. The molecule has 0 N–H and O–H groups in total. The predicted octanol–water partition coefficient (Wildman–Crippen LogP) is 4.08. The molecule has 0 spiro atoms. The van der Waals surface area contributed by atoms with Crippen molar-refractivity contribution in [3.8, 4) is 0 Å². The molecule has 1 fully saturated rings. The van der Waals surface area contributed by atoms with E-state index in [9.17, 15) is 19.7 Å². The second kappa shape index (κ2) is 6.11. The van der Waals surface area contributed by atoms with Gasteiger partial charge in [-0.3, -0.25) is 19.7 Å². The van der Waals surface area contributed by atoms with Crippen LogP contribution in [0, 0.1) is 22.0 Å². The summed E-state index contributed by atoms with van der Waals surface area (Å²) in [6, 6.07) is 21.7. The number of nitrogens with zero attached hydrogens (tertiary/aromatic N) is 3. The molecular formula is C25H15N3O4S. The molecule has 3 aliphatic carbocycles. The molecule has 0 saturated carbocycles. The first kappa shape index (κ1) is 18.6. The minimum absolute atomic E-state index is 0.270. The van der Waals surface area contributed by atoms with Crippen molar-refractivity contribution in [2.24, 2.45) is 11.8 Å². The Morgan fingerprint density at radius 3 is 2.12 bits per heavy atom. The van der Waals surface area contributed by atoms with Crippen molar-refractivity contribution in [3.63, 3.8) is 0 Å². The third-order valence-electron chi connectivity index (χ3n) is 7.34. The average molecular weight is 453 g/mol. The lowest BCUT2D eigenvalue weighted by molar-refractivity contribution is -0.578. The van der Waals surface area contributed by atoms with E-state index in [0.717, 1.165) is 20.7 Å². The number of anilines is 1. The van der Waals surface area contributed by atoms with Crippen LogP contribution in [0.4, 0.5) is 5.13 Å². The van der Waals surface area contributed by atoms with Gasteiger partial charge >= 0.3 is 0 Å². The van der Waals surface area contributed by atoms with Crippen molar-refractivity contribution in [1.82, 2.24) is 4.98 Å². The van der Waals surface area contributed by atoms with Crippen LogP contribution in [0.1, 0.15) is 28.2 Å². The van der Waals surface area contributed by atoms with Gasteiger partial charge in [-0.15, -0.1) is 0 Å². The summed E-state index contributed by atoms with van der Waals surface area (Å²) < 4.78 is 0.849. The fraction of sp³-hybridized carbons (Fsp3) is 0.160. The smallest absolute Gasteiger partial charge is 0.274 e. The molecule has 4 aromatic rings. The van der Waals surface area contributed by atoms with Gasteiger partial charge in [-0.25, -0.2) is 9.88 Å². The molecule has 0 unspecified atom stereocenters. The SMILES string of the molecule is O=C1[C@H]2C3c4ccccc4C([N+](=O)[O-])(c4ccccc43)[C@H]2C(=O)N1c1nc2ccccc2s1. The van der Waals surface area contributed by atoms with Crippen molar-refractivity contribution >= 4 is 38.5 Å². The van der Waals surface area contributed by atoms with Gasteiger partial charge in [0.2, 0.25) is 11.8 Å². The number of para-hydroxylation sites is 1. The summed E-state index contributed by atoms with van der Waals surface area (Å²) in [5.41, 5.74) is 1.39. The highest BCUT2D eigenvalue weighted by Gasteiger charge is 2.75. The van der Waals surface area contributed by atoms with Crippen LogP contribution < -0.4 is 4.90 Å². The summed E-state index contributed by atoms with van der Waals surface area (Å²) in [5, 5.41) is 13.2. The van der Waals surface area contributed by atoms with Crippen LogP contribution >= 0.6 is 11.3 Å². The molecule has 4 aliphatic rings. The van der Waals surface area contributed by atoms with Crippen molar-refractivity contribution in [3.05, 3.63) is 105 Å². The Kier molecular flexibility index (Phi) is 3.45. The predicted molar refractivity (Wildman–Crippen MR) is 122 cm³/mol. The lowest BCUT2D eigenvalue weighted by atomic mass is 9.51. The molecule has 2 bridgehead atoms. The van der Waals surface area contributed by atoms with Crippen molar-refractivity contribution < 1.29 is 14.5 Å². The Hall–Kier alpha value is -3.91. The molecular weight excluding hydrogens is 438 g/mol. The van der Waals surface area contributed by atoms with Crippen molar-refractivity contribution in [1.29, 1.82) is 0 Å². The van der Waals surface area contributed by atoms with E-state index >= 15 is 0 Å². The zero-order valence-electron chi connectivity index (χ0n) is 17.0. The largest absolute Gasteiger partial charge is 0.285 e. The number of aromatic nitrogens is 1. The minimum Gasteiger partial charge on any atom is -0.274 e. The Labute approximate surface area is 191 Å². The van der Waals surface area contributed by atoms with Crippen LogP contribution in [0.25, 0.3) is 10.2 Å². The normalized spacial score (nSPS) is 26.9. The standard InChI is InChI=1S/C25H15N3O4S/c29-22-20-19-13-7-1-3-9-15(13)25(28(31)32,16-10-4-2-8-14(16)19)21(20)23(30)27(22)24-26-17-11-5-6-12-18(17)33-24/h1-12,19-21H/t19?,20-,21+,25?/m0/s1. The molecule has 1 aliphatic heterocycles. The first-order valence-corrected chi connectivity index (χ1v) is 11.4. The molecule has 2 atom stereocenters. The van der Waals surface area contributed by atoms with Crippen molar-refractivity contribution in [2.45, 2.75) is 11.5 Å². The van der Waals surface area contributed by atoms with Crippen LogP contribution in [0.5, 0.6) is 0 Å². The molecule has 3 aromatic carbocycles. The maximum absolute atomic E-state index is 13.9. The van der Waals surface area contributed by atoms with Gasteiger partial charge in [-0.1, -0.05) is 72.0 Å². The summed E-state index contributed by atoms with van der Waals surface area (Å²) in [6.07, 6.45) is 0. The number of hydrogen-bond acceptors (Lipinski definition) is 6. The van der Waals surface area contributed by atoms with E-state index < -0.39 is 35.1 Å². The number of rotatable bonds is 2. The van der Waals surface area contributed by atoms with E-state index in [1.807, 2.05) is 48.5 Å². The zero-order valence-corrected chi connectivity index (χ0v) is 17.9. The fourth-order valence-corrected chi connectivity index (χ4v) is 7.16. The molecule has 8 heteroatoms.